The van der Waals surface area contributed by atoms with Crippen molar-refractivity contribution >= 4 is 53.9 Å². The van der Waals surface area contributed by atoms with Crippen LogP contribution < -0.4 is 0 Å². The highest BCUT2D eigenvalue weighted by Crippen LogP contribution is 2.58. The Bertz CT molecular complexity index is 2390. The highest BCUT2D eigenvalue weighted by molar-refractivity contribution is 6.23. The van der Waals surface area contributed by atoms with E-state index in [0.717, 1.165) is 0 Å². The fraction of sp³-hybridized carbons (Fsp3) is 0.0732. The van der Waals surface area contributed by atoms with Crippen molar-refractivity contribution in [1.29, 1.82) is 0 Å². The van der Waals surface area contributed by atoms with Crippen LogP contribution in [0.2, 0.25) is 0 Å². The summed E-state index contributed by atoms with van der Waals surface area (Å²) >= 11 is 0. The lowest BCUT2D eigenvalue weighted by molar-refractivity contribution is 0.667. The van der Waals surface area contributed by atoms with Crippen molar-refractivity contribution in [3.05, 3.63) is 145 Å². The Morgan fingerprint density at radius 3 is 1.44 bits per heavy atom. The maximum Gasteiger partial charge on any atom is 0.0165 e. The number of benzene rings is 8. The Morgan fingerprint density at radius 2 is 0.780 bits per heavy atom. The zero-order chi connectivity index (χ0) is 27.3. The first-order chi connectivity index (χ1) is 20.1. The molecule has 0 bridgehead atoms. The van der Waals surface area contributed by atoms with Crippen molar-refractivity contribution in [3.63, 3.8) is 0 Å². The van der Waals surface area contributed by atoms with Crippen molar-refractivity contribution in [2.24, 2.45) is 0 Å². The number of fused-ring (bicyclic) bond motifs is 13. The van der Waals surface area contributed by atoms with Gasteiger partial charge in [-0.3, -0.25) is 0 Å². The first-order valence-electron chi connectivity index (χ1n) is 14.5. The maximum absolute atomic E-state index is 2.53. The smallest absolute Gasteiger partial charge is 0.0165 e. The van der Waals surface area contributed by atoms with E-state index in [1.807, 2.05) is 0 Å². The molecule has 0 heterocycles. The van der Waals surface area contributed by atoms with Crippen LogP contribution >= 0.6 is 0 Å². The molecular formula is C41H28. The van der Waals surface area contributed by atoms with Crippen molar-refractivity contribution in [2.45, 2.75) is 19.3 Å². The molecule has 0 nitrogen and oxygen atoms in total. The van der Waals surface area contributed by atoms with Gasteiger partial charge in [0.05, 0.1) is 0 Å². The second-order valence-electron chi connectivity index (χ2n) is 12.0. The van der Waals surface area contributed by atoms with Crippen LogP contribution in [0, 0.1) is 0 Å². The zero-order valence-corrected chi connectivity index (χ0v) is 23.2. The molecule has 0 N–H and O–H groups in total. The summed E-state index contributed by atoms with van der Waals surface area (Å²) in [5.41, 5.74) is 8.14. The topological polar surface area (TPSA) is 0 Å². The maximum atomic E-state index is 2.53. The Kier molecular flexibility index (Phi) is 4.49. The molecular weight excluding hydrogens is 492 g/mol. The summed E-state index contributed by atoms with van der Waals surface area (Å²) in [7, 11) is 0. The van der Waals surface area contributed by atoms with Gasteiger partial charge in [0, 0.05) is 5.41 Å². The Hall–Kier alpha value is -4.94. The van der Waals surface area contributed by atoms with Crippen LogP contribution in [0.15, 0.2) is 133 Å². The van der Waals surface area contributed by atoms with Gasteiger partial charge in [-0.2, -0.15) is 0 Å². The zero-order valence-electron chi connectivity index (χ0n) is 23.2. The van der Waals surface area contributed by atoms with Crippen LogP contribution in [0.5, 0.6) is 0 Å². The summed E-state index contributed by atoms with van der Waals surface area (Å²) in [5, 5.41) is 13.2. The molecule has 0 unspecified atom stereocenters. The molecule has 1 aliphatic rings. The van der Waals surface area contributed by atoms with Gasteiger partial charge in [-0.25, -0.2) is 0 Å². The van der Waals surface area contributed by atoms with Gasteiger partial charge in [0.2, 0.25) is 0 Å². The molecule has 0 aromatic heterocycles. The molecule has 1 aliphatic carbocycles. The molecule has 0 saturated carbocycles. The fourth-order valence-corrected chi connectivity index (χ4v) is 7.82. The van der Waals surface area contributed by atoms with Crippen molar-refractivity contribution in [1.82, 2.24) is 0 Å². The standard InChI is InChI=1S/C41H28/c1-41(2)37-24-36(35-23-25-13-3-4-14-26(25)27-15-5-6-18-30(27)35)31-19-8-10-20-32(31)38(37)39-33-21-11-7-16-28(33)29-17-9-12-22-34(29)40(39)41/h3-24H,1-2H3. The van der Waals surface area contributed by atoms with E-state index >= 15 is 0 Å². The Morgan fingerprint density at radius 1 is 0.366 bits per heavy atom. The predicted octanol–water partition coefficient (Wildman–Crippen LogP) is 11.4. The van der Waals surface area contributed by atoms with Gasteiger partial charge in [-0.15, -0.1) is 0 Å². The highest BCUT2D eigenvalue weighted by Gasteiger charge is 2.40. The van der Waals surface area contributed by atoms with E-state index in [0.29, 0.717) is 0 Å². The lowest BCUT2D eigenvalue weighted by Crippen LogP contribution is -2.16. The van der Waals surface area contributed by atoms with Gasteiger partial charge >= 0.3 is 0 Å². The summed E-state index contributed by atoms with van der Waals surface area (Å²) in [6, 6.07) is 49.7. The average molecular weight is 521 g/mol. The molecule has 9 rings (SSSR count). The van der Waals surface area contributed by atoms with Crippen molar-refractivity contribution in [2.75, 3.05) is 0 Å². The predicted molar refractivity (Wildman–Crippen MR) is 177 cm³/mol. The van der Waals surface area contributed by atoms with Gasteiger partial charge in [0.25, 0.3) is 0 Å². The molecule has 0 saturated heterocycles. The van der Waals surface area contributed by atoms with Gasteiger partial charge in [0.15, 0.2) is 0 Å². The Labute approximate surface area is 239 Å². The minimum absolute atomic E-state index is 0.153. The Balaban J connectivity index is 1.48. The number of hydrogen-bond acceptors (Lipinski definition) is 0. The average Bonchev–Trinajstić information content (AvgIpc) is 3.27. The summed E-state index contributed by atoms with van der Waals surface area (Å²) < 4.78 is 0. The first-order valence-corrected chi connectivity index (χ1v) is 14.5. The SMILES string of the molecule is CC1(C)c2cc(-c3cc4ccccc4c4ccccc34)c3ccccc3c2-c2c1c1ccccc1c1ccccc21. The van der Waals surface area contributed by atoms with E-state index in [-0.39, 0.29) is 5.41 Å². The molecule has 0 aliphatic heterocycles. The van der Waals surface area contributed by atoms with E-state index in [1.165, 1.54) is 87.2 Å². The highest BCUT2D eigenvalue weighted by atomic mass is 14.4. The van der Waals surface area contributed by atoms with Crippen LogP contribution in [-0.4, -0.2) is 0 Å². The van der Waals surface area contributed by atoms with Crippen LogP contribution in [0.25, 0.3) is 76.1 Å². The first kappa shape index (κ1) is 22.8. The minimum atomic E-state index is -0.153. The summed E-state index contributed by atoms with van der Waals surface area (Å²) in [5.74, 6) is 0. The number of hydrogen-bond donors (Lipinski definition) is 0. The monoisotopic (exact) mass is 520 g/mol. The van der Waals surface area contributed by atoms with Gasteiger partial charge in [0.1, 0.15) is 0 Å². The van der Waals surface area contributed by atoms with E-state index < -0.39 is 0 Å². The minimum Gasteiger partial charge on any atom is -0.0616 e. The molecule has 0 heteroatoms. The van der Waals surface area contributed by atoms with Gasteiger partial charge in [-0.1, -0.05) is 135 Å². The van der Waals surface area contributed by atoms with Crippen molar-refractivity contribution < 1.29 is 0 Å². The lowest BCUT2D eigenvalue weighted by atomic mass is 9.78. The number of rotatable bonds is 1. The lowest BCUT2D eigenvalue weighted by Gasteiger charge is -2.25. The quantitative estimate of drug-likeness (QED) is 0.189. The normalized spacial score (nSPS) is 13.8. The molecule has 8 aromatic rings. The molecule has 0 radical (unpaired) electrons. The van der Waals surface area contributed by atoms with E-state index in [2.05, 4.69) is 147 Å². The third-order valence-electron chi connectivity index (χ3n) is 9.58. The molecule has 0 amide bonds. The summed E-state index contributed by atoms with van der Waals surface area (Å²) in [6.07, 6.45) is 0. The van der Waals surface area contributed by atoms with E-state index in [4.69, 9.17) is 0 Å². The van der Waals surface area contributed by atoms with Crippen LogP contribution in [0.4, 0.5) is 0 Å². The van der Waals surface area contributed by atoms with E-state index in [1.54, 1.807) is 0 Å². The van der Waals surface area contributed by atoms with E-state index in [9.17, 15) is 0 Å². The van der Waals surface area contributed by atoms with Gasteiger partial charge in [-0.05, 0) is 99.4 Å². The molecule has 41 heavy (non-hydrogen) atoms. The third kappa shape index (κ3) is 2.95. The largest absolute Gasteiger partial charge is 0.0616 e. The van der Waals surface area contributed by atoms with Crippen LogP contribution in [-0.2, 0) is 5.41 Å². The molecule has 0 spiro atoms. The van der Waals surface area contributed by atoms with Crippen LogP contribution in [0.3, 0.4) is 0 Å². The fourth-order valence-electron chi connectivity index (χ4n) is 7.82. The molecule has 0 fully saturated rings. The van der Waals surface area contributed by atoms with Crippen LogP contribution in [0.1, 0.15) is 25.0 Å². The summed E-state index contributed by atoms with van der Waals surface area (Å²) in [6.45, 7) is 4.85. The second-order valence-corrected chi connectivity index (χ2v) is 12.0. The summed E-state index contributed by atoms with van der Waals surface area (Å²) in [4.78, 5) is 0. The van der Waals surface area contributed by atoms with Gasteiger partial charge < -0.3 is 0 Å². The molecule has 0 atom stereocenters. The molecule has 8 aromatic carbocycles. The third-order valence-corrected chi connectivity index (χ3v) is 9.58. The molecule has 192 valence electrons. The second kappa shape index (κ2) is 8.05. The van der Waals surface area contributed by atoms with Crippen molar-refractivity contribution in [3.8, 4) is 22.3 Å².